The molecule has 94 valence electrons. The van der Waals surface area contributed by atoms with Crippen LogP contribution in [0.3, 0.4) is 0 Å². The summed E-state index contributed by atoms with van der Waals surface area (Å²) in [6, 6.07) is 1.30. The summed E-state index contributed by atoms with van der Waals surface area (Å²) in [5.41, 5.74) is 0. The first-order valence-electron chi connectivity index (χ1n) is 6.78. The number of rotatable bonds is 3. The smallest absolute Gasteiger partial charge is 0.0480 e. The van der Waals surface area contributed by atoms with Gasteiger partial charge in [0, 0.05) is 38.5 Å². The van der Waals surface area contributed by atoms with Crippen molar-refractivity contribution in [2.24, 2.45) is 5.92 Å². The Labute approximate surface area is 98.9 Å². The molecule has 3 nitrogen and oxygen atoms in total. The molecule has 2 atom stereocenters. The van der Waals surface area contributed by atoms with E-state index >= 15 is 0 Å². The molecule has 2 unspecified atom stereocenters. The predicted molar refractivity (Wildman–Crippen MR) is 64.6 cm³/mol. The van der Waals surface area contributed by atoms with E-state index in [0.29, 0.717) is 12.1 Å². The van der Waals surface area contributed by atoms with Crippen molar-refractivity contribution in [1.29, 1.82) is 0 Å². The van der Waals surface area contributed by atoms with E-state index in [0.717, 1.165) is 32.3 Å². The minimum atomic E-state index is 0.631. The standard InChI is InChI=1S/C13H25NO2/c1-11(12-4-8-16-9-5-12)14-13-3-2-7-15-10-6-13/h11-14H,2-10H2,1H3. The molecule has 3 heteroatoms. The van der Waals surface area contributed by atoms with Gasteiger partial charge in [0.25, 0.3) is 0 Å². The molecule has 0 radical (unpaired) electrons. The molecular weight excluding hydrogens is 202 g/mol. The minimum absolute atomic E-state index is 0.631. The van der Waals surface area contributed by atoms with Crippen LogP contribution in [0.2, 0.25) is 0 Å². The lowest BCUT2D eigenvalue weighted by molar-refractivity contribution is 0.0539. The quantitative estimate of drug-likeness (QED) is 0.799. The van der Waals surface area contributed by atoms with Gasteiger partial charge in [0.2, 0.25) is 0 Å². The van der Waals surface area contributed by atoms with Gasteiger partial charge in [-0.05, 0) is 44.9 Å². The summed E-state index contributed by atoms with van der Waals surface area (Å²) >= 11 is 0. The molecule has 2 aliphatic rings. The largest absolute Gasteiger partial charge is 0.381 e. The van der Waals surface area contributed by atoms with Crippen LogP contribution in [0.25, 0.3) is 0 Å². The molecule has 0 bridgehead atoms. The van der Waals surface area contributed by atoms with Crippen molar-refractivity contribution >= 4 is 0 Å². The van der Waals surface area contributed by atoms with Crippen LogP contribution in [-0.2, 0) is 9.47 Å². The molecule has 2 rings (SSSR count). The molecule has 0 aromatic rings. The Morgan fingerprint density at radius 1 is 0.938 bits per heavy atom. The molecule has 0 aliphatic carbocycles. The van der Waals surface area contributed by atoms with Crippen LogP contribution in [0.15, 0.2) is 0 Å². The van der Waals surface area contributed by atoms with Gasteiger partial charge in [0.05, 0.1) is 0 Å². The molecule has 2 heterocycles. The van der Waals surface area contributed by atoms with E-state index in [4.69, 9.17) is 9.47 Å². The zero-order valence-corrected chi connectivity index (χ0v) is 10.4. The van der Waals surface area contributed by atoms with E-state index < -0.39 is 0 Å². The zero-order valence-electron chi connectivity index (χ0n) is 10.4. The second-order valence-corrected chi connectivity index (χ2v) is 5.15. The summed E-state index contributed by atoms with van der Waals surface area (Å²) in [5, 5.41) is 3.79. The third-order valence-electron chi connectivity index (χ3n) is 3.92. The Morgan fingerprint density at radius 3 is 2.44 bits per heavy atom. The summed E-state index contributed by atoms with van der Waals surface area (Å²) in [6.07, 6.45) is 6.09. The molecule has 0 saturated carbocycles. The Balaban J connectivity index is 1.73. The maximum absolute atomic E-state index is 5.49. The van der Waals surface area contributed by atoms with Crippen LogP contribution >= 0.6 is 0 Å². The molecule has 0 aromatic heterocycles. The molecule has 0 spiro atoms. The monoisotopic (exact) mass is 227 g/mol. The van der Waals surface area contributed by atoms with Crippen molar-refractivity contribution in [3.8, 4) is 0 Å². The van der Waals surface area contributed by atoms with Gasteiger partial charge in [-0.2, -0.15) is 0 Å². The van der Waals surface area contributed by atoms with Crippen molar-refractivity contribution in [2.45, 2.75) is 51.1 Å². The van der Waals surface area contributed by atoms with Gasteiger partial charge in [-0.3, -0.25) is 0 Å². The summed E-state index contributed by atoms with van der Waals surface area (Å²) in [5.74, 6) is 0.804. The fourth-order valence-electron chi connectivity index (χ4n) is 2.79. The van der Waals surface area contributed by atoms with Crippen LogP contribution < -0.4 is 5.32 Å². The summed E-state index contributed by atoms with van der Waals surface area (Å²) in [4.78, 5) is 0. The van der Waals surface area contributed by atoms with Crippen molar-refractivity contribution < 1.29 is 9.47 Å². The van der Waals surface area contributed by atoms with Crippen molar-refractivity contribution in [2.75, 3.05) is 26.4 Å². The second kappa shape index (κ2) is 6.58. The minimum Gasteiger partial charge on any atom is -0.381 e. The van der Waals surface area contributed by atoms with Crippen LogP contribution in [-0.4, -0.2) is 38.5 Å². The predicted octanol–water partition coefficient (Wildman–Crippen LogP) is 1.96. The molecular formula is C13H25NO2. The lowest BCUT2D eigenvalue weighted by Gasteiger charge is -2.31. The van der Waals surface area contributed by atoms with Crippen molar-refractivity contribution in [1.82, 2.24) is 5.32 Å². The Morgan fingerprint density at radius 2 is 1.62 bits per heavy atom. The maximum Gasteiger partial charge on any atom is 0.0480 e. The highest BCUT2D eigenvalue weighted by molar-refractivity contribution is 4.79. The molecule has 0 aromatic carbocycles. The van der Waals surface area contributed by atoms with Crippen molar-refractivity contribution in [3.63, 3.8) is 0 Å². The van der Waals surface area contributed by atoms with E-state index in [2.05, 4.69) is 12.2 Å². The molecule has 2 aliphatic heterocycles. The number of hydrogen-bond donors (Lipinski definition) is 1. The maximum atomic E-state index is 5.49. The van der Waals surface area contributed by atoms with Gasteiger partial charge in [-0.1, -0.05) is 0 Å². The van der Waals surface area contributed by atoms with Gasteiger partial charge in [0.1, 0.15) is 0 Å². The highest BCUT2D eigenvalue weighted by Crippen LogP contribution is 2.20. The van der Waals surface area contributed by atoms with Crippen LogP contribution in [0.1, 0.15) is 39.0 Å². The van der Waals surface area contributed by atoms with Crippen LogP contribution in [0, 0.1) is 5.92 Å². The SMILES string of the molecule is CC(NC1CCCOCC1)C1CCOCC1. The Kier molecular flexibility index (Phi) is 5.07. The van der Waals surface area contributed by atoms with E-state index in [9.17, 15) is 0 Å². The fourth-order valence-corrected chi connectivity index (χ4v) is 2.79. The van der Waals surface area contributed by atoms with E-state index in [-0.39, 0.29) is 0 Å². The van der Waals surface area contributed by atoms with E-state index in [1.54, 1.807) is 0 Å². The number of hydrogen-bond acceptors (Lipinski definition) is 3. The zero-order chi connectivity index (χ0) is 11.2. The van der Waals surface area contributed by atoms with Crippen LogP contribution in [0.4, 0.5) is 0 Å². The van der Waals surface area contributed by atoms with Gasteiger partial charge in [-0.15, -0.1) is 0 Å². The first kappa shape index (κ1) is 12.3. The summed E-state index contributed by atoms with van der Waals surface area (Å²) in [6.45, 7) is 6.11. The lowest BCUT2D eigenvalue weighted by atomic mass is 9.92. The number of nitrogens with one attached hydrogen (secondary N) is 1. The highest BCUT2D eigenvalue weighted by Gasteiger charge is 2.23. The number of ether oxygens (including phenoxy) is 2. The summed E-state index contributed by atoms with van der Waals surface area (Å²) in [7, 11) is 0. The van der Waals surface area contributed by atoms with Gasteiger partial charge < -0.3 is 14.8 Å². The van der Waals surface area contributed by atoms with Gasteiger partial charge in [0.15, 0.2) is 0 Å². The molecule has 2 fully saturated rings. The van der Waals surface area contributed by atoms with Crippen molar-refractivity contribution in [3.05, 3.63) is 0 Å². The molecule has 2 saturated heterocycles. The molecule has 0 amide bonds. The highest BCUT2D eigenvalue weighted by atomic mass is 16.5. The normalized spacial score (nSPS) is 30.9. The lowest BCUT2D eigenvalue weighted by Crippen LogP contribution is -2.42. The third-order valence-corrected chi connectivity index (χ3v) is 3.92. The third kappa shape index (κ3) is 3.72. The Bertz CT molecular complexity index is 184. The molecule has 16 heavy (non-hydrogen) atoms. The van der Waals surface area contributed by atoms with Gasteiger partial charge in [-0.25, -0.2) is 0 Å². The topological polar surface area (TPSA) is 30.5 Å². The van der Waals surface area contributed by atoms with Gasteiger partial charge >= 0.3 is 0 Å². The fraction of sp³-hybridized carbons (Fsp3) is 1.00. The Hall–Kier alpha value is -0.120. The molecule has 1 N–H and O–H groups in total. The first-order valence-corrected chi connectivity index (χ1v) is 6.78. The first-order chi connectivity index (χ1) is 7.86. The van der Waals surface area contributed by atoms with E-state index in [1.165, 1.54) is 32.1 Å². The van der Waals surface area contributed by atoms with Crippen LogP contribution in [0.5, 0.6) is 0 Å². The summed E-state index contributed by atoms with van der Waals surface area (Å²) < 4.78 is 10.9. The van der Waals surface area contributed by atoms with E-state index in [1.807, 2.05) is 0 Å². The second-order valence-electron chi connectivity index (χ2n) is 5.15. The average Bonchev–Trinajstić information content (AvgIpc) is 2.59. The average molecular weight is 227 g/mol.